The van der Waals surface area contributed by atoms with E-state index in [1.165, 1.54) is 12.8 Å². The van der Waals surface area contributed by atoms with Crippen LogP contribution in [0.1, 0.15) is 62.7 Å². The highest BCUT2D eigenvalue weighted by Gasteiger charge is 2.28. The summed E-state index contributed by atoms with van der Waals surface area (Å²) in [6.45, 7) is 4.67. The molecule has 2 rings (SSSR count). The van der Waals surface area contributed by atoms with Crippen LogP contribution in [-0.2, 0) is 4.79 Å². The van der Waals surface area contributed by atoms with E-state index in [0.29, 0.717) is 36.0 Å². The molecule has 0 atom stereocenters. The van der Waals surface area contributed by atoms with E-state index >= 15 is 0 Å². The average molecular weight is 351 g/mol. The van der Waals surface area contributed by atoms with Gasteiger partial charge in [0.25, 0.3) is 5.91 Å². The highest BCUT2D eigenvalue weighted by atomic mass is 35.5. The molecule has 2 amide bonds. The number of nitrogens with one attached hydrogen (secondary N) is 1. The zero-order valence-corrected chi connectivity index (χ0v) is 15.3. The lowest BCUT2D eigenvalue weighted by atomic mass is 10.1. The van der Waals surface area contributed by atoms with Crippen molar-refractivity contribution in [1.82, 2.24) is 10.2 Å². The molecule has 1 aliphatic rings. The predicted octanol–water partition coefficient (Wildman–Crippen LogP) is 4.03. The van der Waals surface area contributed by atoms with Gasteiger partial charge in [0.05, 0.1) is 0 Å². The van der Waals surface area contributed by atoms with Crippen molar-refractivity contribution in [2.45, 2.75) is 64.5 Å². The van der Waals surface area contributed by atoms with E-state index in [4.69, 9.17) is 11.6 Å². The largest absolute Gasteiger partial charge is 0.352 e. The van der Waals surface area contributed by atoms with Gasteiger partial charge in [0.1, 0.15) is 0 Å². The van der Waals surface area contributed by atoms with Crippen molar-refractivity contribution < 1.29 is 9.59 Å². The molecule has 1 aromatic rings. The van der Waals surface area contributed by atoms with Gasteiger partial charge in [0, 0.05) is 35.6 Å². The van der Waals surface area contributed by atoms with Crippen molar-refractivity contribution in [2.75, 3.05) is 6.54 Å². The van der Waals surface area contributed by atoms with Gasteiger partial charge in [-0.25, -0.2) is 0 Å². The molecule has 1 aliphatic carbocycles. The normalized spacial score (nSPS) is 14.8. The number of halogens is 1. The van der Waals surface area contributed by atoms with Gasteiger partial charge in [-0.1, -0.05) is 24.4 Å². The van der Waals surface area contributed by atoms with Crippen LogP contribution in [0.25, 0.3) is 0 Å². The summed E-state index contributed by atoms with van der Waals surface area (Å²) in [5, 5.41) is 3.47. The van der Waals surface area contributed by atoms with Gasteiger partial charge < -0.3 is 10.2 Å². The smallest absolute Gasteiger partial charge is 0.251 e. The Morgan fingerprint density at radius 1 is 1.21 bits per heavy atom. The quantitative estimate of drug-likeness (QED) is 0.755. The molecule has 0 radical (unpaired) electrons. The SMILES string of the molecule is CC(C)N(C(=O)CCCNC(=O)c1ccc(Cl)cc1)C1CCCC1. The first-order valence-electron chi connectivity index (χ1n) is 8.84. The second-order valence-electron chi connectivity index (χ2n) is 6.70. The maximum atomic E-state index is 12.5. The lowest BCUT2D eigenvalue weighted by Gasteiger charge is -2.33. The number of carbonyl (C=O) groups is 2. The molecule has 0 aromatic heterocycles. The van der Waals surface area contributed by atoms with Crippen LogP contribution < -0.4 is 5.32 Å². The minimum atomic E-state index is -0.129. The Bertz CT molecular complexity index is 551. The summed E-state index contributed by atoms with van der Waals surface area (Å²) < 4.78 is 0. The fraction of sp³-hybridized carbons (Fsp3) is 0.579. The van der Waals surface area contributed by atoms with Crippen LogP contribution in [-0.4, -0.2) is 35.3 Å². The van der Waals surface area contributed by atoms with E-state index in [1.807, 2.05) is 4.90 Å². The number of amides is 2. The van der Waals surface area contributed by atoms with Crippen LogP contribution in [0, 0.1) is 0 Å². The molecule has 24 heavy (non-hydrogen) atoms. The molecule has 1 fully saturated rings. The molecule has 0 heterocycles. The Kier molecular flexibility index (Phi) is 7.10. The standard InChI is InChI=1S/C19H27ClN2O2/c1-14(2)22(17-6-3-4-7-17)18(23)8-5-13-21-19(24)15-9-11-16(20)12-10-15/h9-12,14,17H,3-8,13H2,1-2H3,(H,21,24). The summed E-state index contributed by atoms with van der Waals surface area (Å²) >= 11 is 5.81. The van der Waals surface area contributed by atoms with Gasteiger partial charge in [0.2, 0.25) is 5.91 Å². The molecule has 0 spiro atoms. The number of carbonyl (C=O) groups excluding carboxylic acids is 2. The first kappa shape index (κ1) is 18.8. The Morgan fingerprint density at radius 2 is 1.83 bits per heavy atom. The minimum absolute atomic E-state index is 0.129. The molecule has 0 aliphatic heterocycles. The number of rotatable bonds is 7. The molecule has 5 heteroatoms. The van der Waals surface area contributed by atoms with Crippen LogP contribution >= 0.6 is 11.6 Å². The van der Waals surface area contributed by atoms with E-state index in [9.17, 15) is 9.59 Å². The molecule has 0 unspecified atom stereocenters. The van der Waals surface area contributed by atoms with Crippen LogP contribution in [0.3, 0.4) is 0 Å². The molecule has 1 N–H and O–H groups in total. The first-order valence-corrected chi connectivity index (χ1v) is 9.21. The maximum absolute atomic E-state index is 12.5. The van der Waals surface area contributed by atoms with Crippen molar-refractivity contribution in [3.63, 3.8) is 0 Å². The monoisotopic (exact) mass is 350 g/mol. The van der Waals surface area contributed by atoms with E-state index in [2.05, 4.69) is 19.2 Å². The Morgan fingerprint density at radius 3 is 2.42 bits per heavy atom. The molecular formula is C19H27ClN2O2. The minimum Gasteiger partial charge on any atom is -0.352 e. The molecule has 132 valence electrons. The molecule has 0 saturated heterocycles. The Balaban J connectivity index is 1.75. The summed E-state index contributed by atoms with van der Waals surface area (Å²) in [6, 6.07) is 7.43. The second kappa shape index (κ2) is 9.07. The zero-order chi connectivity index (χ0) is 17.5. The average Bonchev–Trinajstić information content (AvgIpc) is 3.05. The maximum Gasteiger partial charge on any atom is 0.251 e. The lowest BCUT2D eigenvalue weighted by Crippen LogP contribution is -2.43. The van der Waals surface area contributed by atoms with E-state index < -0.39 is 0 Å². The summed E-state index contributed by atoms with van der Waals surface area (Å²) in [6.07, 6.45) is 5.83. The van der Waals surface area contributed by atoms with Gasteiger partial charge in [-0.2, -0.15) is 0 Å². The van der Waals surface area contributed by atoms with Crippen LogP contribution in [0.15, 0.2) is 24.3 Å². The van der Waals surface area contributed by atoms with Crippen LogP contribution in [0.4, 0.5) is 0 Å². The van der Waals surface area contributed by atoms with Crippen LogP contribution in [0.2, 0.25) is 5.02 Å². The first-order chi connectivity index (χ1) is 11.5. The molecule has 4 nitrogen and oxygen atoms in total. The van der Waals surface area contributed by atoms with E-state index in [-0.39, 0.29) is 17.9 Å². The summed E-state index contributed by atoms with van der Waals surface area (Å²) in [7, 11) is 0. The fourth-order valence-corrected chi connectivity index (χ4v) is 3.50. The van der Waals surface area contributed by atoms with Gasteiger partial charge in [-0.05, 0) is 57.4 Å². The van der Waals surface area contributed by atoms with Gasteiger partial charge >= 0.3 is 0 Å². The number of benzene rings is 1. The second-order valence-corrected chi connectivity index (χ2v) is 7.14. The molecule has 1 saturated carbocycles. The van der Waals surface area contributed by atoms with Crippen LogP contribution in [0.5, 0.6) is 0 Å². The predicted molar refractivity (Wildman–Crippen MR) is 97.3 cm³/mol. The third-order valence-electron chi connectivity index (χ3n) is 4.52. The van der Waals surface area contributed by atoms with Crippen molar-refractivity contribution in [3.05, 3.63) is 34.9 Å². The van der Waals surface area contributed by atoms with E-state index in [0.717, 1.165) is 12.8 Å². The third kappa shape index (κ3) is 5.23. The summed E-state index contributed by atoms with van der Waals surface area (Å²) in [5.74, 6) is 0.0771. The van der Waals surface area contributed by atoms with Gasteiger partial charge in [-0.3, -0.25) is 9.59 Å². The topological polar surface area (TPSA) is 49.4 Å². The number of hydrogen-bond donors (Lipinski definition) is 1. The van der Waals surface area contributed by atoms with E-state index in [1.54, 1.807) is 24.3 Å². The third-order valence-corrected chi connectivity index (χ3v) is 4.77. The van der Waals surface area contributed by atoms with Gasteiger partial charge in [0.15, 0.2) is 0 Å². The van der Waals surface area contributed by atoms with Crippen molar-refractivity contribution in [3.8, 4) is 0 Å². The Hall–Kier alpha value is -1.55. The zero-order valence-electron chi connectivity index (χ0n) is 14.6. The van der Waals surface area contributed by atoms with Crippen molar-refractivity contribution in [1.29, 1.82) is 0 Å². The lowest BCUT2D eigenvalue weighted by molar-refractivity contribution is -0.135. The summed E-state index contributed by atoms with van der Waals surface area (Å²) in [4.78, 5) is 26.6. The highest BCUT2D eigenvalue weighted by molar-refractivity contribution is 6.30. The molecule has 1 aromatic carbocycles. The highest BCUT2D eigenvalue weighted by Crippen LogP contribution is 2.25. The molecule has 0 bridgehead atoms. The fourth-order valence-electron chi connectivity index (χ4n) is 3.37. The number of hydrogen-bond acceptors (Lipinski definition) is 2. The van der Waals surface area contributed by atoms with Crippen molar-refractivity contribution >= 4 is 23.4 Å². The summed E-state index contributed by atoms with van der Waals surface area (Å²) in [5.41, 5.74) is 0.584. The number of nitrogens with zero attached hydrogens (tertiary/aromatic N) is 1. The Labute approximate surface area is 149 Å². The van der Waals surface area contributed by atoms with Gasteiger partial charge in [-0.15, -0.1) is 0 Å². The molecular weight excluding hydrogens is 324 g/mol. The van der Waals surface area contributed by atoms with Crippen molar-refractivity contribution in [2.24, 2.45) is 0 Å².